The lowest BCUT2D eigenvalue weighted by molar-refractivity contribution is -0.124. The highest BCUT2D eigenvalue weighted by molar-refractivity contribution is 7.16. The van der Waals surface area contributed by atoms with Crippen molar-refractivity contribution >= 4 is 40.3 Å². The van der Waals surface area contributed by atoms with E-state index in [9.17, 15) is 4.79 Å². The molecule has 120 valence electrons. The van der Waals surface area contributed by atoms with Gasteiger partial charge in [0.05, 0.1) is 10.3 Å². The minimum Gasteiger partial charge on any atom is -0.299 e. The average Bonchev–Trinajstić information content (AvgIpc) is 3.02. The molecule has 23 heavy (non-hydrogen) atoms. The van der Waals surface area contributed by atoms with Crippen molar-refractivity contribution < 1.29 is 4.79 Å². The van der Waals surface area contributed by atoms with E-state index < -0.39 is 0 Å². The highest BCUT2D eigenvalue weighted by Crippen LogP contribution is 2.50. The van der Waals surface area contributed by atoms with Gasteiger partial charge < -0.3 is 0 Å². The molecule has 3 heterocycles. The first-order valence-electron chi connectivity index (χ1n) is 7.76. The van der Waals surface area contributed by atoms with Gasteiger partial charge in [0.2, 0.25) is 0 Å². The largest absolute Gasteiger partial charge is 0.299 e. The lowest BCUT2D eigenvalue weighted by atomic mass is 9.65. The number of ketones is 1. The zero-order valence-corrected chi connectivity index (χ0v) is 14.9. The number of hydrogen-bond donors (Lipinski definition) is 1. The third-order valence-corrected chi connectivity index (χ3v) is 6.10. The van der Waals surface area contributed by atoms with Crippen LogP contribution in [0.15, 0.2) is 17.1 Å². The fourth-order valence-electron chi connectivity index (χ4n) is 3.90. The first-order chi connectivity index (χ1) is 10.9. The van der Waals surface area contributed by atoms with Gasteiger partial charge in [-0.05, 0) is 30.9 Å². The van der Waals surface area contributed by atoms with Crippen LogP contribution >= 0.6 is 22.9 Å². The van der Waals surface area contributed by atoms with Crippen LogP contribution in [0.25, 0.3) is 0 Å². The number of carbonyl (C=O) groups is 1. The maximum atomic E-state index is 12.9. The fraction of sp³-hybridized carbons (Fsp3) is 0.471. The summed E-state index contributed by atoms with van der Waals surface area (Å²) < 4.78 is 0.746. The number of halogens is 1. The molecule has 0 aromatic carbocycles. The summed E-state index contributed by atoms with van der Waals surface area (Å²) in [5.41, 5.74) is 2.97. The summed E-state index contributed by atoms with van der Waals surface area (Å²) in [7, 11) is 0. The van der Waals surface area contributed by atoms with Crippen LogP contribution in [0.4, 0.5) is 5.82 Å². The third-order valence-electron chi connectivity index (χ3n) is 4.79. The van der Waals surface area contributed by atoms with Crippen molar-refractivity contribution in [2.24, 2.45) is 16.3 Å². The molecular weight excluding hydrogens is 330 g/mol. The normalized spacial score (nSPS) is 25.7. The predicted octanol–water partition coefficient (Wildman–Crippen LogP) is 4.66. The van der Waals surface area contributed by atoms with E-state index in [0.29, 0.717) is 6.42 Å². The van der Waals surface area contributed by atoms with Crippen molar-refractivity contribution in [1.29, 1.82) is 0 Å². The first-order valence-corrected chi connectivity index (χ1v) is 8.95. The Bertz CT molecular complexity index is 833. The van der Waals surface area contributed by atoms with E-state index in [0.717, 1.165) is 38.4 Å². The van der Waals surface area contributed by atoms with Gasteiger partial charge in [0.25, 0.3) is 0 Å². The highest BCUT2D eigenvalue weighted by atomic mass is 35.5. The summed E-state index contributed by atoms with van der Waals surface area (Å²) in [4.78, 5) is 18.8. The first kappa shape index (κ1) is 15.1. The summed E-state index contributed by atoms with van der Waals surface area (Å²) >= 11 is 7.70. The van der Waals surface area contributed by atoms with E-state index in [1.165, 1.54) is 0 Å². The Kier molecular flexibility index (Phi) is 3.29. The number of thiophene rings is 1. The number of H-pyrrole nitrogens is 1. The number of aromatic amines is 1. The van der Waals surface area contributed by atoms with E-state index in [1.807, 2.05) is 19.1 Å². The quantitative estimate of drug-likeness (QED) is 0.815. The van der Waals surface area contributed by atoms with Crippen molar-refractivity contribution in [2.45, 2.75) is 39.5 Å². The number of nitrogens with zero attached hydrogens (tertiary/aromatic N) is 2. The molecule has 1 saturated carbocycles. The van der Waals surface area contributed by atoms with Crippen molar-refractivity contribution in [3.8, 4) is 0 Å². The molecule has 1 fully saturated rings. The lowest BCUT2D eigenvalue weighted by Gasteiger charge is -2.39. The van der Waals surface area contributed by atoms with Crippen LogP contribution in [0.3, 0.4) is 0 Å². The Morgan fingerprint density at radius 3 is 2.78 bits per heavy atom. The molecule has 4 nitrogen and oxygen atoms in total. The monoisotopic (exact) mass is 347 g/mol. The topological polar surface area (TPSA) is 58.1 Å². The Hall–Kier alpha value is -1.46. The lowest BCUT2D eigenvalue weighted by Crippen LogP contribution is -2.42. The second-order valence-corrected chi connectivity index (χ2v) is 9.02. The van der Waals surface area contributed by atoms with Gasteiger partial charge in [-0.3, -0.25) is 9.89 Å². The fourth-order valence-corrected chi connectivity index (χ4v) is 5.11. The van der Waals surface area contributed by atoms with Gasteiger partial charge in [0, 0.05) is 34.2 Å². The van der Waals surface area contributed by atoms with Gasteiger partial charge in [-0.15, -0.1) is 11.3 Å². The van der Waals surface area contributed by atoms with Gasteiger partial charge >= 0.3 is 0 Å². The molecule has 6 heteroatoms. The highest BCUT2D eigenvalue weighted by Gasteiger charge is 2.47. The minimum atomic E-state index is -0.179. The molecule has 4 rings (SSSR count). The summed E-state index contributed by atoms with van der Waals surface area (Å²) in [6.07, 6.45) is 1.43. The van der Waals surface area contributed by atoms with Crippen LogP contribution < -0.4 is 0 Å². The molecule has 2 aromatic rings. The molecule has 2 unspecified atom stereocenters. The number of rotatable bonds is 1. The van der Waals surface area contributed by atoms with Crippen LogP contribution in [0, 0.1) is 18.3 Å². The van der Waals surface area contributed by atoms with Crippen molar-refractivity contribution in [2.75, 3.05) is 0 Å². The van der Waals surface area contributed by atoms with Gasteiger partial charge in [-0.2, -0.15) is 5.10 Å². The van der Waals surface area contributed by atoms with Crippen molar-refractivity contribution in [3.05, 3.63) is 32.6 Å². The zero-order valence-electron chi connectivity index (χ0n) is 13.3. The van der Waals surface area contributed by atoms with E-state index >= 15 is 0 Å². The molecule has 0 amide bonds. The summed E-state index contributed by atoms with van der Waals surface area (Å²) in [6.45, 7) is 6.25. The maximum Gasteiger partial charge on any atom is 0.177 e. The van der Waals surface area contributed by atoms with E-state index in [4.69, 9.17) is 16.6 Å². The Morgan fingerprint density at radius 2 is 2.09 bits per heavy atom. The average molecular weight is 348 g/mol. The minimum absolute atomic E-state index is 0.0163. The van der Waals surface area contributed by atoms with Gasteiger partial charge in [0.1, 0.15) is 5.78 Å². The summed E-state index contributed by atoms with van der Waals surface area (Å²) in [5, 5.41) is 7.38. The molecule has 2 aromatic heterocycles. The van der Waals surface area contributed by atoms with Gasteiger partial charge in [-0.1, -0.05) is 25.4 Å². The second kappa shape index (κ2) is 5.02. The smallest absolute Gasteiger partial charge is 0.177 e. The standard InChI is InChI=1S/C17H18ClN3OS/c1-8-13-15(11-4-5-12(18)23-11)14-9(19-16(13)21-20-8)6-17(2,3)7-10(14)22/h4-5,14-15H,6-7H2,1-3H3,(H,20,21). The molecule has 0 saturated heterocycles. The Labute approximate surface area is 144 Å². The predicted molar refractivity (Wildman–Crippen MR) is 93.1 cm³/mol. The molecular formula is C17H18ClN3OS. The van der Waals surface area contributed by atoms with Crippen molar-refractivity contribution in [3.63, 3.8) is 0 Å². The molecule has 0 radical (unpaired) electrons. The van der Waals surface area contributed by atoms with Gasteiger partial charge in [-0.25, -0.2) is 4.99 Å². The molecule has 0 spiro atoms. The molecule has 0 bridgehead atoms. The number of aromatic nitrogens is 2. The number of nitrogens with one attached hydrogen (secondary N) is 1. The van der Waals surface area contributed by atoms with Gasteiger partial charge in [0.15, 0.2) is 5.82 Å². The number of carbonyl (C=O) groups excluding carboxylic acids is 1. The number of aryl methyl sites for hydroxylation is 1. The Morgan fingerprint density at radius 1 is 1.30 bits per heavy atom. The van der Waals surface area contributed by atoms with Crippen LogP contribution in [-0.2, 0) is 4.79 Å². The molecule has 1 N–H and O–H groups in total. The van der Waals surface area contributed by atoms with E-state index in [-0.39, 0.29) is 23.0 Å². The maximum absolute atomic E-state index is 12.9. The number of hydrogen-bond acceptors (Lipinski definition) is 4. The van der Waals surface area contributed by atoms with Crippen LogP contribution in [0.2, 0.25) is 4.34 Å². The van der Waals surface area contributed by atoms with E-state index in [1.54, 1.807) is 11.3 Å². The molecule has 1 aliphatic carbocycles. The SMILES string of the molecule is Cc1[nH]nc2c1C(c1ccc(Cl)s1)C1C(=O)CC(C)(C)CC1=N2. The molecule has 1 aliphatic heterocycles. The number of Topliss-reactive ketones (excluding diaryl/α,β-unsaturated/α-hetero) is 1. The molecule has 2 atom stereocenters. The molecule has 2 aliphatic rings. The second-order valence-electron chi connectivity index (χ2n) is 7.27. The van der Waals surface area contributed by atoms with E-state index in [2.05, 4.69) is 24.0 Å². The van der Waals surface area contributed by atoms with Crippen LogP contribution in [-0.4, -0.2) is 21.7 Å². The Balaban J connectivity index is 1.91. The summed E-state index contributed by atoms with van der Waals surface area (Å²) in [5.74, 6) is 0.813. The van der Waals surface area contributed by atoms with Crippen LogP contribution in [0.1, 0.15) is 48.7 Å². The van der Waals surface area contributed by atoms with Crippen molar-refractivity contribution in [1.82, 2.24) is 10.2 Å². The summed E-state index contributed by atoms with van der Waals surface area (Å²) in [6, 6.07) is 3.93. The zero-order chi connectivity index (χ0) is 16.4. The number of fused-ring (bicyclic) bond motifs is 2. The van der Waals surface area contributed by atoms with Crippen LogP contribution in [0.5, 0.6) is 0 Å². The number of aliphatic imine (C=N–C) groups is 1. The third kappa shape index (κ3) is 2.37.